The fourth-order valence-corrected chi connectivity index (χ4v) is 3.37. The lowest BCUT2D eigenvalue weighted by atomic mass is 10.2. The summed E-state index contributed by atoms with van der Waals surface area (Å²) in [6, 6.07) is -0.0546. The summed E-state index contributed by atoms with van der Waals surface area (Å²) in [5, 5.41) is 7.60. The Kier molecular flexibility index (Phi) is 6.01. The van der Waals surface area contributed by atoms with Gasteiger partial charge in [0.1, 0.15) is 9.84 Å². The topological polar surface area (TPSA) is 64.0 Å². The minimum absolute atomic E-state index is 0.0734. The first kappa shape index (κ1) is 16.7. The minimum Gasteiger partial charge on any atom is -0.308 e. The van der Waals surface area contributed by atoms with Crippen LogP contribution in [0.2, 0.25) is 0 Å². The standard InChI is InChI=1S/C12H22BrN3O2S/c1-5-6-14-11(8-19(4,17)18)12-10(13)7-15-16(12)9(2)3/h7,9,11,14H,5-6,8H2,1-4H3. The van der Waals surface area contributed by atoms with E-state index in [4.69, 9.17) is 0 Å². The monoisotopic (exact) mass is 351 g/mol. The molecule has 0 saturated carbocycles. The predicted molar refractivity (Wildman–Crippen MR) is 81.1 cm³/mol. The van der Waals surface area contributed by atoms with Gasteiger partial charge in [-0.2, -0.15) is 5.10 Å². The van der Waals surface area contributed by atoms with Gasteiger partial charge in [0.25, 0.3) is 0 Å². The fraction of sp³-hybridized carbons (Fsp3) is 0.750. The SMILES string of the molecule is CCCNC(CS(C)(=O)=O)c1c(Br)cnn1C(C)C. The first-order chi connectivity index (χ1) is 8.76. The molecule has 1 aromatic heterocycles. The third-order valence-corrected chi connectivity index (χ3v) is 4.27. The second-order valence-electron chi connectivity index (χ2n) is 5.02. The average Bonchev–Trinajstić information content (AvgIpc) is 2.65. The molecule has 110 valence electrons. The smallest absolute Gasteiger partial charge is 0.149 e. The Balaban J connectivity index is 3.12. The van der Waals surface area contributed by atoms with Gasteiger partial charge in [0.05, 0.1) is 28.2 Å². The van der Waals surface area contributed by atoms with Crippen molar-refractivity contribution in [3.63, 3.8) is 0 Å². The summed E-state index contributed by atoms with van der Waals surface area (Å²) < 4.78 is 25.9. The van der Waals surface area contributed by atoms with Crippen molar-refractivity contribution in [3.05, 3.63) is 16.4 Å². The maximum Gasteiger partial charge on any atom is 0.149 e. The van der Waals surface area contributed by atoms with E-state index in [9.17, 15) is 8.42 Å². The van der Waals surface area contributed by atoms with Crippen molar-refractivity contribution in [2.75, 3.05) is 18.6 Å². The molecule has 0 aliphatic rings. The molecule has 5 nitrogen and oxygen atoms in total. The molecule has 0 aromatic carbocycles. The zero-order valence-electron chi connectivity index (χ0n) is 11.9. The summed E-state index contributed by atoms with van der Waals surface area (Å²) in [5.74, 6) is 0.0734. The molecule has 0 aliphatic carbocycles. The molecule has 1 atom stereocenters. The molecule has 1 aromatic rings. The summed E-state index contributed by atoms with van der Waals surface area (Å²) in [4.78, 5) is 0. The Labute approximate surface area is 123 Å². The van der Waals surface area contributed by atoms with Crippen molar-refractivity contribution < 1.29 is 8.42 Å². The molecule has 0 saturated heterocycles. The molecule has 0 spiro atoms. The molecule has 7 heteroatoms. The van der Waals surface area contributed by atoms with Gasteiger partial charge < -0.3 is 5.32 Å². The lowest BCUT2D eigenvalue weighted by Crippen LogP contribution is -2.31. The van der Waals surface area contributed by atoms with Crippen LogP contribution in [0, 0.1) is 0 Å². The summed E-state index contributed by atoms with van der Waals surface area (Å²) in [7, 11) is -3.06. The first-order valence-corrected chi connectivity index (χ1v) is 9.25. The van der Waals surface area contributed by atoms with Crippen LogP contribution in [0.1, 0.15) is 45.0 Å². The molecule has 0 bridgehead atoms. The Hall–Kier alpha value is -0.400. The number of rotatable bonds is 7. The van der Waals surface area contributed by atoms with Gasteiger partial charge in [-0.15, -0.1) is 0 Å². The molecule has 1 unspecified atom stereocenters. The van der Waals surface area contributed by atoms with Gasteiger partial charge in [-0.05, 0) is 42.7 Å². The van der Waals surface area contributed by atoms with Crippen LogP contribution in [0.3, 0.4) is 0 Å². The van der Waals surface area contributed by atoms with Crippen molar-refractivity contribution in [3.8, 4) is 0 Å². The molecule has 1 N–H and O–H groups in total. The highest BCUT2D eigenvalue weighted by molar-refractivity contribution is 9.10. The zero-order valence-corrected chi connectivity index (χ0v) is 14.3. The van der Waals surface area contributed by atoms with Gasteiger partial charge in [0.15, 0.2) is 0 Å². The second kappa shape index (κ2) is 6.85. The zero-order chi connectivity index (χ0) is 14.6. The summed E-state index contributed by atoms with van der Waals surface area (Å²) in [6.07, 6.45) is 3.93. The van der Waals surface area contributed by atoms with Crippen molar-refractivity contribution in [2.24, 2.45) is 0 Å². The molecule has 1 rings (SSSR count). The third-order valence-electron chi connectivity index (χ3n) is 2.72. The van der Waals surface area contributed by atoms with Crippen molar-refractivity contribution in [1.82, 2.24) is 15.1 Å². The summed E-state index contributed by atoms with van der Waals surface area (Å²) in [6.45, 7) is 6.88. The number of nitrogens with one attached hydrogen (secondary N) is 1. The second-order valence-corrected chi connectivity index (χ2v) is 8.05. The number of aromatic nitrogens is 2. The van der Waals surface area contributed by atoms with Crippen LogP contribution in [0.25, 0.3) is 0 Å². The van der Waals surface area contributed by atoms with E-state index in [-0.39, 0.29) is 17.8 Å². The Bertz CT molecular complexity index is 511. The predicted octanol–water partition coefficient (Wildman–Crippen LogP) is 2.31. The van der Waals surface area contributed by atoms with Crippen LogP contribution in [-0.2, 0) is 9.84 Å². The van der Waals surface area contributed by atoms with Gasteiger partial charge >= 0.3 is 0 Å². The molecule has 0 aliphatic heterocycles. The third kappa shape index (κ3) is 4.89. The van der Waals surface area contributed by atoms with Crippen LogP contribution in [0.15, 0.2) is 10.7 Å². The van der Waals surface area contributed by atoms with Crippen LogP contribution in [0.5, 0.6) is 0 Å². The maximum absolute atomic E-state index is 11.6. The fourth-order valence-electron chi connectivity index (χ4n) is 1.94. The van der Waals surface area contributed by atoms with Gasteiger partial charge in [-0.3, -0.25) is 4.68 Å². The van der Waals surface area contributed by atoms with Crippen molar-refractivity contribution >= 4 is 25.8 Å². The first-order valence-electron chi connectivity index (χ1n) is 6.40. The van der Waals surface area contributed by atoms with Crippen LogP contribution >= 0.6 is 15.9 Å². The van der Waals surface area contributed by atoms with E-state index in [2.05, 4.69) is 33.3 Å². The van der Waals surface area contributed by atoms with E-state index in [0.29, 0.717) is 0 Å². The van der Waals surface area contributed by atoms with Crippen LogP contribution in [0.4, 0.5) is 0 Å². The summed E-state index contributed by atoms with van der Waals surface area (Å²) >= 11 is 3.47. The largest absolute Gasteiger partial charge is 0.308 e. The molecule has 1 heterocycles. The number of hydrogen-bond donors (Lipinski definition) is 1. The molecular formula is C12H22BrN3O2S. The molecule has 0 fully saturated rings. The number of halogens is 1. The number of sulfone groups is 1. The van der Waals surface area contributed by atoms with Crippen molar-refractivity contribution in [2.45, 2.75) is 39.3 Å². The maximum atomic E-state index is 11.6. The molecular weight excluding hydrogens is 330 g/mol. The van der Waals surface area contributed by atoms with E-state index in [1.807, 2.05) is 18.5 Å². The van der Waals surface area contributed by atoms with E-state index >= 15 is 0 Å². The molecule has 19 heavy (non-hydrogen) atoms. The minimum atomic E-state index is -3.06. The Morgan fingerprint density at radius 2 is 2.11 bits per heavy atom. The normalized spacial score (nSPS) is 14.0. The number of nitrogens with zero attached hydrogens (tertiary/aromatic N) is 2. The van der Waals surface area contributed by atoms with Gasteiger partial charge in [-0.1, -0.05) is 6.92 Å². The van der Waals surface area contributed by atoms with E-state index < -0.39 is 9.84 Å². The van der Waals surface area contributed by atoms with Crippen molar-refractivity contribution in [1.29, 1.82) is 0 Å². The highest BCUT2D eigenvalue weighted by Crippen LogP contribution is 2.26. The molecule has 0 radical (unpaired) electrons. The van der Waals surface area contributed by atoms with E-state index in [1.165, 1.54) is 6.26 Å². The molecule has 0 amide bonds. The van der Waals surface area contributed by atoms with E-state index in [1.54, 1.807) is 6.20 Å². The lowest BCUT2D eigenvalue weighted by Gasteiger charge is -2.21. The quantitative estimate of drug-likeness (QED) is 0.818. The van der Waals surface area contributed by atoms with Gasteiger partial charge in [0.2, 0.25) is 0 Å². The van der Waals surface area contributed by atoms with Crippen LogP contribution < -0.4 is 5.32 Å². The Morgan fingerprint density at radius 3 is 2.58 bits per heavy atom. The van der Waals surface area contributed by atoms with E-state index in [0.717, 1.165) is 23.1 Å². The van der Waals surface area contributed by atoms with Gasteiger partial charge in [-0.25, -0.2) is 8.42 Å². The number of hydrogen-bond acceptors (Lipinski definition) is 4. The Morgan fingerprint density at radius 1 is 1.47 bits per heavy atom. The van der Waals surface area contributed by atoms with Gasteiger partial charge in [0, 0.05) is 12.3 Å². The summed E-state index contributed by atoms with van der Waals surface area (Å²) in [5.41, 5.74) is 0.897. The average molecular weight is 352 g/mol. The highest BCUT2D eigenvalue weighted by Gasteiger charge is 2.24. The lowest BCUT2D eigenvalue weighted by molar-refractivity contribution is 0.457. The van der Waals surface area contributed by atoms with Crippen LogP contribution in [-0.4, -0.2) is 36.8 Å². The highest BCUT2D eigenvalue weighted by atomic mass is 79.9.